The summed E-state index contributed by atoms with van der Waals surface area (Å²) in [5.74, 6) is -0.201. The molecule has 1 aliphatic rings. The van der Waals surface area contributed by atoms with Crippen LogP contribution < -0.4 is 10.6 Å². The van der Waals surface area contributed by atoms with Crippen molar-refractivity contribution in [3.63, 3.8) is 0 Å². The first kappa shape index (κ1) is 20.3. The Balaban J connectivity index is 1.75. The summed E-state index contributed by atoms with van der Waals surface area (Å²) < 4.78 is 6.47. The number of hydrogen-bond donors (Lipinski definition) is 2. The van der Waals surface area contributed by atoms with Crippen molar-refractivity contribution in [2.45, 2.75) is 19.9 Å². The minimum absolute atomic E-state index is 0.215. The maximum Gasteiger partial charge on any atom is 0.337 e. The Kier molecular flexibility index (Phi) is 5.29. The van der Waals surface area contributed by atoms with Crippen LogP contribution in [0.25, 0.3) is 0 Å². The van der Waals surface area contributed by atoms with Gasteiger partial charge in [0.15, 0.2) is 0 Å². The minimum Gasteiger partial charge on any atom is -0.465 e. The van der Waals surface area contributed by atoms with Crippen LogP contribution in [-0.2, 0) is 9.53 Å². The molecule has 0 saturated carbocycles. The third-order valence-corrected chi connectivity index (χ3v) is 5.32. The van der Waals surface area contributed by atoms with E-state index in [1.54, 1.807) is 35.9 Å². The molecule has 3 aromatic rings. The molecule has 0 fully saturated rings. The largest absolute Gasteiger partial charge is 0.465 e. The third-order valence-electron chi connectivity index (χ3n) is 5.32. The first-order valence-corrected chi connectivity index (χ1v) is 9.82. The van der Waals surface area contributed by atoms with E-state index in [9.17, 15) is 9.59 Å². The number of rotatable bonds is 4. The molecule has 8 nitrogen and oxygen atoms in total. The molecule has 158 valence electrons. The normalized spacial score (nSPS) is 17.5. The number of ether oxygens (including phenoxy) is 1. The van der Waals surface area contributed by atoms with E-state index in [0.29, 0.717) is 23.0 Å². The van der Waals surface area contributed by atoms with Gasteiger partial charge in [0.25, 0.3) is 0 Å². The van der Waals surface area contributed by atoms with Crippen LogP contribution in [0.2, 0.25) is 0 Å². The topological polar surface area (TPSA) is 98.1 Å². The minimum atomic E-state index is -0.655. The summed E-state index contributed by atoms with van der Waals surface area (Å²) in [7, 11) is 1.34. The van der Waals surface area contributed by atoms with Crippen molar-refractivity contribution in [2.24, 2.45) is 5.92 Å². The number of anilines is 2. The van der Waals surface area contributed by atoms with Gasteiger partial charge in [0, 0.05) is 11.4 Å². The van der Waals surface area contributed by atoms with Gasteiger partial charge in [-0.1, -0.05) is 36.9 Å². The molecule has 0 unspecified atom stereocenters. The monoisotopic (exact) mass is 417 g/mol. The molecule has 2 N–H and O–H groups in total. The molecule has 0 saturated heterocycles. The average Bonchev–Trinajstić information content (AvgIpc) is 3.13. The highest BCUT2D eigenvalue weighted by Crippen LogP contribution is 2.38. The van der Waals surface area contributed by atoms with Crippen LogP contribution in [0, 0.1) is 19.8 Å². The zero-order chi connectivity index (χ0) is 22.1. The van der Waals surface area contributed by atoms with E-state index in [2.05, 4.69) is 27.3 Å². The Bertz CT molecular complexity index is 1170. The third kappa shape index (κ3) is 3.79. The maximum absolute atomic E-state index is 13.4. The van der Waals surface area contributed by atoms with Gasteiger partial charge < -0.3 is 15.4 Å². The van der Waals surface area contributed by atoms with Gasteiger partial charge in [-0.3, -0.25) is 4.79 Å². The van der Waals surface area contributed by atoms with Crippen molar-refractivity contribution in [1.29, 1.82) is 0 Å². The van der Waals surface area contributed by atoms with Crippen molar-refractivity contribution in [3.05, 3.63) is 83.3 Å². The number of fused-ring (bicyclic) bond motifs is 1. The number of nitrogens with zero attached hydrogens (tertiary/aromatic N) is 3. The molecule has 0 radical (unpaired) electrons. The van der Waals surface area contributed by atoms with Crippen molar-refractivity contribution in [1.82, 2.24) is 14.8 Å². The lowest BCUT2D eigenvalue weighted by Gasteiger charge is -2.34. The smallest absolute Gasteiger partial charge is 0.337 e. The lowest BCUT2D eigenvalue weighted by molar-refractivity contribution is -0.119. The fraction of sp³-hybridized carbons (Fsp3) is 0.217. The number of nitrogens with one attached hydrogen (secondary N) is 2. The zero-order valence-corrected chi connectivity index (χ0v) is 17.5. The van der Waals surface area contributed by atoms with Gasteiger partial charge in [-0.05, 0) is 43.2 Å². The van der Waals surface area contributed by atoms with E-state index < -0.39 is 17.9 Å². The van der Waals surface area contributed by atoms with E-state index in [-0.39, 0.29) is 5.91 Å². The summed E-state index contributed by atoms with van der Waals surface area (Å²) in [6.45, 7) is 7.82. The summed E-state index contributed by atoms with van der Waals surface area (Å²) in [6, 6.07) is 14.0. The average molecular weight is 417 g/mol. The van der Waals surface area contributed by atoms with Gasteiger partial charge in [0.2, 0.25) is 11.9 Å². The van der Waals surface area contributed by atoms with Crippen molar-refractivity contribution >= 4 is 23.5 Å². The fourth-order valence-electron chi connectivity index (χ4n) is 3.76. The Hall–Kier alpha value is -3.94. The Morgan fingerprint density at radius 2 is 1.84 bits per heavy atom. The predicted molar refractivity (Wildman–Crippen MR) is 117 cm³/mol. The summed E-state index contributed by atoms with van der Waals surface area (Å²) in [5.41, 5.74) is 3.44. The van der Waals surface area contributed by atoms with E-state index in [1.165, 1.54) is 7.11 Å². The molecule has 4 rings (SSSR count). The lowest BCUT2D eigenvalue weighted by atomic mass is 9.88. The van der Waals surface area contributed by atoms with Gasteiger partial charge in [-0.25, -0.2) is 9.48 Å². The number of carbonyl (C=O) groups is 2. The van der Waals surface area contributed by atoms with Gasteiger partial charge in [-0.2, -0.15) is 10.1 Å². The number of hydrogen-bond acceptors (Lipinski definition) is 6. The molecule has 2 atom stereocenters. The number of benzene rings is 2. The van der Waals surface area contributed by atoms with Crippen LogP contribution in [0.3, 0.4) is 0 Å². The highest BCUT2D eigenvalue weighted by Gasteiger charge is 2.40. The van der Waals surface area contributed by atoms with Crippen LogP contribution >= 0.6 is 0 Å². The van der Waals surface area contributed by atoms with E-state index >= 15 is 0 Å². The number of amides is 1. The molecular formula is C23H23N5O3. The highest BCUT2D eigenvalue weighted by molar-refractivity contribution is 5.96. The predicted octanol–water partition coefficient (Wildman–Crippen LogP) is 3.47. The van der Waals surface area contributed by atoms with Gasteiger partial charge in [0.05, 0.1) is 18.7 Å². The van der Waals surface area contributed by atoms with Crippen molar-refractivity contribution < 1.29 is 14.3 Å². The summed E-state index contributed by atoms with van der Waals surface area (Å²) in [6.07, 6.45) is 0. The fourth-order valence-corrected chi connectivity index (χ4v) is 3.76. The molecule has 0 spiro atoms. The number of esters is 1. The summed E-state index contributed by atoms with van der Waals surface area (Å²) in [4.78, 5) is 29.6. The van der Waals surface area contributed by atoms with Crippen LogP contribution in [0.4, 0.5) is 11.6 Å². The SMILES string of the molecule is C=C1Nc2nc(C)nn2[C@H](c2ccc(C(=O)OC)cc2)[C@H]1C(=O)Nc1ccccc1C. The second-order valence-corrected chi connectivity index (χ2v) is 7.42. The second-order valence-electron chi connectivity index (χ2n) is 7.42. The van der Waals surface area contributed by atoms with Crippen LogP contribution in [0.15, 0.2) is 60.8 Å². The molecule has 1 aromatic heterocycles. The second kappa shape index (κ2) is 8.06. The number of carbonyl (C=O) groups excluding carboxylic acids is 2. The van der Waals surface area contributed by atoms with Crippen LogP contribution in [0.5, 0.6) is 0 Å². The van der Waals surface area contributed by atoms with Gasteiger partial charge in [-0.15, -0.1) is 0 Å². The standard InChI is InChI=1S/C23H23N5O3/c1-13-7-5-6-8-18(13)26-21(29)19-14(2)24-23-25-15(3)27-28(23)20(19)16-9-11-17(12-10-16)22(30)31-4/h5-12,19-20H,2H2,1,3-4H3,(H,26,29)(H,24,25,27)/t19-,20+/m0/s1. The lowest BCUT2D eigenvalue weighted by Crippen LogP contribution is -2.39. The van der Waals surface area contributed by atoms with E-state index in [1.807, 2.05) is 31.2 Å². The zero-order valence-electron chi connectivity index (χ0n) is 17.5. The molecule has 1 amide bonds. The van der Waals surface area contributed by atoms with Crippen molar-refractivity contribution in [2.75, 3.05) is 17.7 Å². The van der Waals surface area contributed by atoms with Gasteiger partial charge in [0.1, 0.15) is 11.7 Å². The van der Waals surface area contributed by atoms with Crippen molar-refractivity contribution in [3.8, 4) is 0 Å². The molecule has 1 aliphatic heterocycles. The number of para-hydroxylation sites is 1. The van der Waals surface area contributed by atoms with Crippen LogP contribution in [0.1, 0.15) is 33.4 Å². The Morgan fingerprint density at radius 3 is 2.52 bits per heavy atom. The molecule has 31 heavy (non-hydrogen) atoms. The Morgan fingerprint density at radius 1 is 1.13 bits per heavy atom. The van der Waals surface area contributed by atoms with E-state index in [4.69, 9.17) is 4.74 Å². The molecule has 2 aromatic carbocycles. The first-order chi connectivity index (χ1) is 14.9. The van der Waals surface area contributed by atoms with Gasteiger partial charge >= 0.3 is 5.97 Å². The molecule has 0 bridgehead atoms. The van der Waals surface area contributed by atoms with Crippen LogP contribution in [-0.4, -0.2) is 33.8 Å². The molecule has 2 heterocycles. The van der Waals surface area contributed by atoms with E-state index in [0.717, 1.165) is 16.8 Å². The maximum atomic E-state index is 13.4. The molecular weight excluding hydrogens is 394 g/mol. The summed E-state index contributed by atoms with van der Waals surface area (Å²) in [5, 5.41) is 10.6. The summed E-state index contributed by atoms with van der Waals surface area (Å²) >= 11 is 0. The highest BCUT2D eigenvalue weighted by atomic mass is 16.5. The molecule has 8 heteroatoms. The number of aryl methyl sites for hydroxylation is 2. The quantitative estimate of drug-likeness (QED) is 0.631. The number of aromatic nitrogens is 3. The Labute approximate surface area is 179 Å². The first-order valence-electron chi connectivity index (χ1n) is 9.82. The molecule has 0 aliphatic carbocycles. The number of methoxy groups -OCH3 is 1.